The maximum atomic E-state index is 11.2. The van der Waals surface area contributed by atoms with E-state index in [4.69, 9.17) is 9.84 Å². The number of carboxylic acid groups (broad SMARTS) is 1. The molecule has 1 heterocycles. The monoisotopic (exact) mass is 381 g/mol. The van der Waals surface area contributed by atoms with Gasteiger partial charge in [0.2, 0.25) is 0 Å². The predicted octanol–water partition coefficient (Wildman–Crippen LogP) is 4.51. The zero-order valence-corrected chi connectivity index (χ0v) is 14.9. The van der Waals surface area contributed by atoms with Crippen LogP contribution in [0.25, 0.3) is 21.7 Å². The Bertz CT molecular complexity index is 1140. The van der Waals surface area contributed by atoms with Crippen LogP contribution in [-0.2, 0) is 11.4 Å². The quantitative estimate of drug-likeness (QED) is 0.517. The molecule has 1 N–H and O–H groups in total. The van der Waals surface area contributed by atoms with Crippen LogP contribution in [0.3, 0.4) is 0 Å². The number of carboxylic acids is 1. The summed E-state index contributed by atoms with van der Waals surface area (Å²) in [6.45, 7) is 2.09. The number of carbonyl (C=O) groups is 1. The number of nitrogens with zero attached hydrogens (tertiary/aromatic N) is 1. The second-order valence-corrected chi connectivity index (χ2v) is 6.61. The predicted molar refractivity (Wildman–Crippen MR) is 113 cm³/mol. The standard InChI is InChI=1S/C23H19NO3.Na.H/c1-15(23(25)26)17-6-7-19-13-21(11-9-18(19)12-17)27-14-20-10-8-16-4-2-3-5-22(16)24-20;;/h2-13,15H,14H2,1H3,(H,25,26);;. The van der Waals surface area contributed by atoms with Gasteiger partial charge in [-0.15, -0.1) is 0 Å². The van der Waals surface area contributed by atoms with Crippen LogP contribution in [0.5, 0.6) is 5.75 Å². The molecule has 1 aromatic heterocycles. The number of hydrogen-bond donors (Lipinski definition) is 1. The molecule has 136 valence electrons. The SMILES string of the molecule is CC(C(=O)O)c1ccc2cc(OCc3ccc4ccccc4n3)ccc2c1.[NaH]. The van der Waals surface area contributed by atoms with Crippen molar-refractivity contribution in [3.8, 4) is 5.75 Å². The minimum atomic E-state index is -0.822. The molecule has 5 heteroatoms. The van der Waals surface area contributed by atoms with Crippen molar-refractivity contribution in [3.63, 3.8) is 0 Å². The number of benzene rings is 3. The van der Waals surface area contributed by atoms with E-state index in [-0.39, 0.29) is 29.6 Å². The van der Waals surface area contributed by atoms with Gasteiger partial charge in [-0.05, 0) is 47.5 Å². The Morgan fingerprint density at radius 3 is 2.50 bits per heavy atom. The molecule has 0 bridgehead atoms. The Kier molecular flexibility index (Phi) is 6.35. The molecule has 28 heavy (non-hydrogen) atoms. The minimum absolute atomic E-state index is 0. The maximum absolute atomic E-state index is 11.2. The molecule has 0 spiro atoms. The third kappa shape index (κ3) is 4.36. The number of fused-ring (bicyclic) bond motifs is 2. The molecule has 0 fully saturated rings. The molecule has 4 aromatic rings. The Balaban J connectivity index is 0.00000225. The zero-order chi connectivity index (χ0) is 18.8. The summed E-state index contributed by atoms with van der Waals surface area (Å²) in [4.78, 5) is 15.8. The normalized spacial score (nSPS) is 11.8. The molecule has 0 saturated carbocycles. The Labute approximate surface area is 185 Å². The zero-order valence-electron chi connectivity index (χ0n) is 14.9. The molecule has 0 aliphatic heterocycles. The van der Waals surface area contributed by atoms with Gasteiger partial charge in [-0.1, -0.05) is 48.5 Å². The van der Waals surface area contributed by atoms with Crippen LogP contribution in [-0.4, -0.2) is 45.6 Å². The first-order valence-electron chi connectivity index (χ1n) is 8.84. The van der Waals surface area contributed by atoms with E-state index in [0.29, 0.717) is 6.61 Å². The first-order valence-corrected chi connectivity index (χ1v) is 8.84. The van der Waals surface area contributed by atoms with E-state index < -0.39 is 11.9 Å². The fourth-order valence-corrected chi connectivity index (χ4v) is 3.09. The van der Waals surface area contributed by atoms with Gasteiger partial charge in [0.15, 0.2) is 0 Å². The number of aliphatic carboxylic acids is 1. The van der Waals surface area contributed by atoms with E-state index in [1.165, 1.54) is 0 Å². The van der Waals surface area contributed by atoms with E-state index in [1.54, 1.807) is 6.92 Å². The van der Waals surface area contributed by atoms with Crippen molar-refractivity contribution in [2.75, 3.05) is 0 Å². The molecule has 0 saturated heterocycles. The molecule has 0 amide bonds. The Morgan fingerprint density at radius 2 is 1.68 bits per heavy atom. The van der Waals surface area contributed by atoms with E-state index in [9.17, 15) is 4.79 Å². The molecule has 4 nitrogen and oxygen atoms in total. The van der Waals surface area contributed by atoms with Crippen LogP contribution in [0.2, 0.25) is 0 Å². The van der Waals surface area contributed by atoms with Crippen molar-refractivity contribution in [1.82, 2.24) is 4.98 Å². The summed E-state index contributed by atoms with van der Waals surface area (Å²) in [5.41, 5.74) is 2.63. The third-order valence-corrected chi connectivity index (χ3v) is 4.75. The van der Waals surface area contributed by atoms with Gasteiger partial charge in [-0.2, -0.15) is 0 Å². The van der Waals surface area contributed by atoms with Gasteiger partial charge in [-0.25, -0.2) is 4.98 Å². The van der Waals surface area contributed by atoms with Gasteiger partial charge in [0.05, 0.1) is 17.1 Å². The number of para-hydroxylation sites is 1. The van der Waals surface area contributed by atoms with Gasteiger partial charge in [0.1, 0.15) is 12.4 Å². The summed E-state index contributed by atoms with van der Waals surface area (Å²) in [5, 5.41) is 12.3. The van der Waals surface area contributed by atoms with Crippen molar-refractivity contribution in [2.24, 2.45) is 0 Å². The number of aromatic nitrogens is 1. The first-order chi connectivity index (χ1) is 13.1. The molecule has 1 unspecified atom stereocenters. The average Bonchev–Trinajstić information content (AvgIpc) is 2.71. The molecule has 4 rings (SSSR count). The fourth-order valence-electron chi connectivity index (χ4n) is 3.09. The second kappa shape index (κ2) is 8.74. The van der Waals surface area contributed by atoms with Crippen LogP contribution in [0.15, 0.2) is 72.8 Å². The fraction of sp³-hybridized carbons (Fsp3) is 0.130. The van der Waals surface area contributed by atoms with Gasteiger partial charge in [-0.3, -0.25) is 4.79 Å². The van der Waals surface area contributed by atoms with E-state index in [2.05, 4.69) is 4.98 Å². The number of ether oxygens (including phenoxy) is 1. The van der Waals surface area contributed by atoms with Crippen LogP contribution in [0.1, 0.15) is 24.1 Å². The second-order valence-electron chi connectivity index (χ2n) is 6.61. The first kappa shape index (κ1) is 20.3. The molecule has 0 aliphatic carbocycles. The van der Waals surface area contributed by atoms with Crippen molar-refractivity contribution in [1.29, 1.82) is 0 Å². The van der Waals surface area contributed by atoms with Gasteiger partial charge in [0, 0.05) is 5.39 Å². The summed E-state index contributed by atoms with van der Waals surface area (Å²) in [6, 6.07) is 23.6. The molecule has 1 atom stereocenters. The summed E-state index contributed by atoms with van der Waals surface area (Å²) >= 11 is 0. The summed E-state index contributed by atoms with van der Waals surface area (Å²) < 4.78 is 5.91. The van der Waals surface area contributed by atoms with Crippen molar-refractivity contribution >= 4 is 57.2 Å². The van der Waals surface area contributed by atoms with E-state index in [1.807, 2.05) is 72.8 Å². The molecule has 0 aliphatic rings. The number of rotatable bonds is 5. The Hall–Kier alpha value is -2.40. The summed E-state index contributed by atoms with van der Waals surface area (Å²) in [5.74, 6) is -0.585. The van der Waals surface area contributed by atoms with Crippen LogP contribution in [0.4, 0.5) is 0 Å². The van der Waals surface area contributed by atoms with Crippen LogP contribution < -0.4 is 4.74 Å². The van der Waals surface area contributed by atoms with Gasteiger partial charge in [0.25, 0.3) is 0 Å². The summed E-state index contributed by atoms with van der Waals surface area (Å²) in [7, 11) is 0. The number of hydrogen-bond acceptors (Lipinski definition) is 3. The topological polar surface area (TPSA) is 59.4 Å². The Morgan fingerprint density at radius 1 is 0.964 bits per heavy atom. The van der Waals surface area contributed by atoms with Gasteiger partial charge < -0.3 is 9.84 Å². The van der Waals surface area contributed by atoms with E-state index >= 15 is 0 Å². The van der Waals surface area contributed by atoms with Crippen LogP contribution >= 0.6 is 0 Å². The van der Waals surface area contributed by atoms with Crippen molar-refractivity contribution in [3.05, 3.63) is 84.1 Å². The van der Waals surface area contributed by atoms with Crippen molar-refractivity contribution < 1.29 is 14.6 Å². The number of pyridine rings is 1. The summed E-state index contributed by atoms with van der Waals surface area (Å²) in [6.07, 6.45) is 0. The van der Waals surface area contributed by atoms with Crippen molar-refractivity contribution in [2.45, 2.75) is 19.4 Å². The van der Waals surface area contributed by atoms with Crippen LogP contribution in [0, 0.1) is 0 Å². The van der Waals surface area contributed by atoms with E-state index in [0.717, 1.165) is 38.7 Å². The third-order valence-electron chi connectivity index (χ3n) is 4.75. The van der Waals surface area contributed by atoms with Gasteiger partial charge >= 0.3 is 35.5 Å². The average molecular weight is 381 g/mol. The molecular weight excluding hydrogens is 361 g/mol. The molecule has 3 aromatic carbocycles. The molecule has 0 radical (unpaired) electrons. The molecular formula is C23H20NNaO3.